The number of benzene rings is 1. The van der Waals surface area contributed by atoms with Crippen molar-refractivity contribution in [2.24, 2.45) is 0 Å². The summed E-state index contributed by atoms with van der Waals surface area (Å²) in [6.07, 6.45) is 0.206. The molecule has 1 heterocycles. The number of hydrogen-bond donors (Lipinski definition) is 1. The number of hydrogen-bond acceptors (Lipinski definition) is 3. The molecule has 7 heteroatoms. The van der Waals surface area contributed by atoms with E-state index in [-0.39, 0.29) is 18.5 Å². The number of nitrogens with one attached hydrogen (secondary N) is 1. The molecule has 0 radical (unpaired) electrons. The summed E-state index contributed by atoms with van der Waals surface area (Å²) in [5.41, 5.74) is 0. The minimum atomic E-state index is -2.29. The summed E-state index contributed by atoms with van der Waals surface area (Å²) in [5, 5.41) is 2.98. The first-order chi connectivity index (χ1) is 11.5. The van der Waals surface area contributed by atoms with Gasteiger partial charge in [-0.2, -0.15) is 0 Å². The SMILES string of the molecule is O=C(CCCOc1ccccc1Br)NC1CCN(CC(F)F)CC1. The maximum absolute atomic E-state index is 12.3. The molecule has 1 saturated heterocycles. The molecule has 4 nitrogen and oxygen atoms in total. The molecule has 0 saturated carbocycles. The van der Waals surface area contributed by atoms with E-state index in [1.165, 1.54) is 0 Å². The Bertz CT molecular complexity index is 523. The van der Waals surface area contributed by atoms with E-state index in [0.717, 1.165) is 23.1 Å². The molecule has 1 fully saturated rings. The van der Waals surface area contributed by atoms with Crippen molar-refractivity contribution in [1.29, 1.82) is 0 Å². The van der Waals surface area contributed by atoms with Crippen LogP contribution in [0.15, 0.2) is 28.7 Å². The molecule has 0 spiro atoms. The first-order valence-electron chi connectivity index (χ1n) is 8.22. The van der Waals surface area contributed by atoms with E-state index in [4.69, 9.17) is 4.74 Å². The highest BCUT2D eigenvalue weighted by Crippen LogP contribution is 2.23. The van der Waals surface area contributed by atoms with E-state index in [0.29, 0.717) is 32.5 Å². The van der Waals surface area contributed by atoms with E-state index in [1.54, 1.807) is 4.90 Å². The smallest absolute Gasteiger partial charge is 0.251 e. The van der Waals surface area contributed by atoms with Crippen LogP contribution >= 0.6 is 15.9 Å². The number of rotatable bonds is 8. The van der Waals surface area contributed by atoms with Gasteiger partial charge in [0, 0.05) is 25.6 Å². The Morgan fingerprint density at radius 1 is 1.33 bits per heavy atom. The Labute approximate surface area is 149 Å². The predicted octanol–water partition coefficient (Wildman–Crippen LogP) is 3.45. The molecule has 24 heavy (non-hydrogen) atoms. The number of alkyl halides is 2. The zero-order chi connectivity index (χ0) is 17.4. The summed E-state index contributed by atoms with van der Waals surface area (Å²) < 4.78 is 31.2. The third-order valence-electron chi connectivity index (χ3n) is 3.99. The van der Waals surface area contributed by atoms with Crippen molar-refractivity contribution in [2.75, 3.05) is 26.2 Å². The van der Waals surface area contributed by atoms with E-state index in [9.17, 15) is 13.6 Å². The molecule has 1 aromatic rings. The monoisotopic (exact) mass is 404 g/mol. The van der Waals surface area contributed by atoms with Crippen LogP contribution in [0.2, 0.25) is 0 Å². The van der Waals surface area contributed by atoms with Crippen molar-refractivity contribution in [3.8, 4) is 5.75 Å². The van der Waals surface area contributed by atoms with Gasteiger partial charge in [0.2, 0.25) is 5.91 Å². The summed E-state index contributed by atoms with van der Waals surface area (Å²) >= 11 is 3.41. The lowest BCUT2D eigenvalue weighted by Gasteiger charge is -2.32. The van der Waals surface area contributed by atoms with Crippen LogP contribution in [-0.2, 0) is 4.79 Å². The highest BCUT2D eigenvalue weighted by molar-refractivity contribution is 9.10. The van der Waals surface area contributed by atoms with Gasteiger partial charge in [-0.25, -0.2) is 8.78 Å². The Morgan fingerprint density at radius 2 is 2.04 bits per heavy atom. The Balaban J connectivity index is 1.58. The quantitative estimate of drug-likeness (QED) is 0.674. The molecule has 0 atom stereocenters. The maximum atomic E-state index is 12.3. The lowest BCUT2D eigenvalue weighted by atomic mass is 10.0. The van der Waals surface area contributed by atoms with Gasteiger partial charge in [-0.3, -0.25) is 9.69 Å². The number of amides is 1. The van der Waals surface area contributed by atoms with Crippen molar-refractivity contribution in [1.82, 2.24) is 10.2 Å². The molecule has 1 aromatic carbocycles. The zero-order valence-corrected chi connectivity index (χ0v) is 15.1. The molecule has 1 amide bonds. The van der Waals surface area contributed by atoms with Gasteiger partial charge in [0.25, 0.3) is 6.43 Å². The van der Waals surface area contributed by atoms with Crippen LogP contribution in [0, 0.1) is 0 Å². The second-order valence-corrected chi connectivity index (χ2v) is 6.77. The van der Waals surface area contributed by atoms with Gasteiger partial charge in [-0.05, 0) is 47.3 Å². The second kappa shape index (κ2) is 9.93. The van der Waals surface area contributed by atoms with Gasteiger partial charge >= 0.3 is 0 Å². The third kappa shape index (κ3) is 6.73. The van der Waals surface area contributed by atoms with Crippen molar-refractivity contribution >= 4 is 21.8 Å². The fraction of sp³-hybridized carbons (Fsp3) is 0.588. The van der Waals surface area contributed by atoms with E-state index < -0.39 is 6.43 Å². The van der Waals surface area contributed by atoms with E-state index >= 15 is 0 Å². The van der Waals surface area contributed by atoms with Crippen molar-refractivity contribution < 1.29 is 18.3 Å². The van der Waals surface area contributed by atoms with Crippen LogP contribution in [0.4, 0.5) is 8.78 Å². The lowest BCUT2D eigenvalue weighted by molar-refractivity contribution is -0.122. The maximum Gasteiger partial charge on any atom is 0.251 e. The molecule has 1 aliphatic rings. The summed E-state index contributed by atoms with van der Waals surface area (Å²) in [6.45, 7) is 1.52. The number of ether oxygens (including phenoxy) is 1. The van der Waals surface area contributed by atoms with Crippen LogP contribution in [0.5, 0.6) is 5.75 Å². The molecular weight excluding hydrogens is 382 g/mol. The zero-order valence-electron chi connectivity index (χ0n) is 13.5. The third-order valence-corrected chi connectivity index (χ3v) is 4.65. The standard InChI is InChI=1S/C17H23BrF2N2O2/c18-14-4-1-2-5-15(14)24-11-3-6-17(23)21-13-7-9-22(10-8-13)12-16(19)20/h1-2,4-5,13,16H,3,6-12H2,(H,21,23). The lowest BCUT2D eigenvalue weighted by Crippen LogP contribution is -2.45. The molecular formula is C17H23BrF2N2O2. The number of carbonyl (C=O) groups excluding carboxylic acids is 1. The second-order valence-electron chi connectivity index (χ2n) is 5.92. The highest BCUT2D eigenvalue weighted by atomic mass is 79.9. The number of nitrogens with zero attached hydrogens (tertiary/aromatic N) is 1. The van der Waals surface area contributed by atoms with E-state index in [1.807, 2.05) is 24.3 Å². The number of piperidine rings is 1. The summed E-state index contributed by atoms with van der Waals surface area (Å²) in [7, 11) is 0. The summed E-state index contributed by atoms with van der Waals surface area (Å²) in [6, 6.07) is 7.68. The first-order valence-corrected chi connectivity index (χ1v) is 9.01. The van der Waals surface area contributed by atoms with Gasteiger partial charge < -0.3 is 10.1 Å². The number of para-hydroxylation sites is 1. The van der Waals surface area contributed by atoms with Crippen molar-refractivity contribution in [3.63, 3.8) is 0 Å². The van der Waals surface area contributed by atoms with Crippen LogP contribution < -0.4 is 10.1 Å². The molecule has 0 aromatic heterocycles. The van der Waals surface area contributed by atoms with Gasteiger partial charge in [-0.15, -0.1) is 0 Å². The van der Waals surface area contributed by atoms with Gasteiger partial charge in [-0.1, -0.05) is 12.1 Å². The Hall–Kier alpha value is -1.21. The van der Waals surface area contributed by atoms with Crippen molar-refractivity contribution in [3.05, 3.63) is 28.7 Å². The van der Waals surface area contributed by atoms with Crippen LogP contribution in [0.1, 0.15) is 25.7 Å². The fourth-order valence-corrected chi connectivity index (χ4v) is 3.13. The van der Waals surface area contributed by atoms with Crippen LogP contribution in [-0.4, -0.2) is 49.5 Å². The average Bonchev–Trinajstić information content (AvgIpc) is 2.54. The molecule has 2 rings (SSSR count). The van der Waals surface area contributed by atoms with Crippen LogP contribution in [0.25, 0.3) is 0 Å². The minimum absolute atomic E-state index is 0.00182. The molecule has 0 bridgehead atoms. The predicted molar refractivity (Wildman–Crippen MR) is 92.5 cm³/mol. The van der Waals surface area contributed by atoms with Gasteiger partial charge in [0.15, 0.2) is 0 Å². The Morgan fingerprint density at radius 3 is 2.71 bits per heavy atom. The number of halogens is 3. The average molecular weight is 405 g/mol. The molecule has 1 aliphatic heterocycles. The molecule has 134 valence electrons. The Kier molecular flexibility index (Phi) is 7.91. The fourth-order valence-electron chi connectivity index (χ4n) is 2.73. The summed E-state index contributed by atoms with van der Waals surface area (Å²) in [4.78, 5) is 13.7. The number of likely N-dealkylation sites (tertiary alicyclic amines) is 1. The normalized spacial score (nSPS) is 16.3. The molecule has 0 unspecified atom stereocenters. The highest BCUT2D eigenvalue weighted by Gasteiger charge is 2.22. The minimum Gasteiger partial charge on any atom is -0.492 e. The number of carbonyl (C=O) groups is 1. The first kappa shape index (κ1) is 19.1. The van der Waals surface area contributed by atoms with Crippen molar-refractivity contribution in [2.45, 2.75) is 38.2 Å². The summed E-state index contributed by atoms with van der Waals surface area (Å²) in [5.74, 6) is 0.766. The molecule has 1 N–H and O–H groups in total. The van der Waals surface area contributed by atoms with Crippen LogP contribution in [0.3, 0.4) is 0 Å². The van der Waals surface area contributed by atoms with E-state index in [2.05, 4.69) is 21.2 Å². The molecule has 0 aliphatic carbocycles. The van der Waals surface area contributed by atoms with Gasteiger partial charge in [0.1, 0.15) is 5.75 Å². The largest absolute Gasteiger partial charge is 0.492 e. The van der Waals surface area contributed by atoms with Gasteiger partial charge in [0.05, 0.1) is 17.6 Å². The topological polar surface area (TPSA) is 41.6 Å².